The summed E-state index contributed by atoms with van der Waals surface area (Å²) in [5, 5.41) is 3.26. The Balaban J connectivity index is 2.52. The molecule has 0 aliphatic rings. The molecule has 106 valence electrons. The van der Waals surface area contributed by atoms with Gasteiger partial charge in [-0.3, -0.25) is 0 Å². The number of hydrogen-bond donors (Lipinski definition) is 2. The van der Waals surface area contributed by atoms with Crippen LogP contribution in [0.15, 0.2) is 18.2 Å². The molecular formula is C14H22FN3S. The summed E-state index contributed by atoms with van der Waals surface area (Å²) < 4.78 is 13.1. The smallest absolute Gasteiger partial charge is 0.124 e. The molecule has 1 aromatic carbocycles. The summed E-state index contributed by atoms with van der Waals surface area (Å²) in [5.41, 5.74) is 6.95. The van der Waals surface area contributed by atoms with Gasteiger partial charge >= 0.3 is 0 Å². The standard InChI is InChI=1S/C14H22FN3S/c1-10(2)18(3)8-4-7-17-13-6-5-11(15)9-12(13)14(16)19/h5-6,9-10,17H,4,7-8H2,1-3H3,(H2,16,19). The number of hydrogen-bond acceptors (Lipinski definition) is 3. The molecule has 1 rings (SSSR count). The van der Waals surface area contributed by atoms with Crippen LogP contribution in [0.2, 0.25) is 0 Å². The first-order valence-electron chi connectivity index (χ1n) is 6.45. The van der Waals surface area contributed by atoms with Crippen LogP contribution in [0.1, 0.15) is 25.8 Å². The van der Waals surface area contributed by atoms with Gasteiger partial charge in [0, 0.05) is 23.8 Å². The minimum Gasteiger partial charge on any atom is -0.389 e. The Hall–Kier alpha value is -1.20. The van der Waals surface area contributed by atoms with Crippen molar-refractivity contribution in [3.8, 4) is 0 Å². The van der Waals surface area contributed by atoms with Crippen molar-refractivity contribution in [2.24, 2.45) is 5.73 Å². The Bertz CT molecular complexity index is 435. The van der Waals surface area contributed by atoms with Crippen LogP contribution >= 0.6 is 12.2 Å². The highest BCUT2D eigenvalue weighted by molar-refractivity contribution is 7.80. The van der Waals surface area contributed by atoms with Crippen LogP contribution in [0.25, 0.3) is 0 Å². The van der Waals surface area contributed by atoms with E-state index in [9.17, 15) is 4.39 Å². The number of thiocarbonyl (C=S) groups is 1. The van der Waals surface area contributed by atoms with Crippen molar-refractivity contribution in [2.45, 2.75) is 26.3 Å². The third-order valence-electron chi connectivity index (χ3n) is 3.13. The minimum absolute atomic E-state index is 0.210. The lowest BCUT2D eigenvalue weighted by molar-refractivity contribution is 0.273. The fourth-order valence-electron chi connectivity index (χ4n) is 1.68. The number of nitrogens with two attached hydrogens (primary N) is 1. The molecule has 0 unspecified atom stereocenters. The zero-order valence-corrected chi connectivity index (χ0v) is 12.6. The van der Waals surface area contributed by atoms with E-state index in [1.165, 1.54) is 12.1 Å². The molecule has 0 spiro atoms. The van der Waals surface area contributed by atoms with Crippen LogP contribution < -0.4 is 11.1 Å². The van der Waals surface area contributed by atoms with Gasteiger partial charge in [0.1, 0.15) is 10.8 Å². The van der Waals surface area contributed by atoms with Crippen molar-refractivity contribution in [2.75, 3.05) is 25.5 Å². The van der Waals surface area contributed by atoms with Gasteiger partial charge < -0.3 is 16.0 Å². The summed E-state index contributed by atoms with van der Waals surface area (Å²) in [4.78, 5) is 2.49. The lowest BCUT2D eigenvalue weighted by atomic mass is 10.1. The van der Waals surface area contributed by atoms with E-state index in [2.05, 4.69) is 31.1 Å². The largest absolute Gasteiger partial charge is 0.389 e. The lowest BCUT2D eigenvalue weighted by Crippen LogP contribution is -2.28. The molecule has 0 aliphatic heterocycles. The molecule has 0 heterocycles. The van der Waals surface area contributed by atoms with Gasteiger partial charge in [0.05, 0.1) is 0 Å². The molecule has 0 saturated heterocycles. The van der Waals surface area contributed by atoms with Crippen LogP contribution in [-0.4, -0.2) is 36.1 Å². The molecule has 3 nitrogen and oxygen atoms in total. The molecule has 0 bridgehead atoms. The van der Waals surface area contributed by atoms with E-state index in [1.807, 2.05) is 0 Å². The van der Waals surface area contributed by atoms with E-state index >= 15 is 0 Å². The van der Waals surface area contributed by atoms with Crippen molar-refractivity contribution in [3.63, 3.8) is 0 Å². The molecule has 0 amide bonds. The fourth-order valence-corrected chi connectivity index (χ4v) is 1.85. The summed E-state index contributed by atoms with van der Waals surface area (Å²) >= 11 is 4.93. The van der Waals surface area contributed by atoms with Gasteiger partial charge in [0.15, 0.2) is 0 Å². The molecule has 0 fully saturated rings. The van der Waals surface area contributed by atoms with Gasteiger partial charge in [-0.05, 0) is 52.1 Å². The summed E-state index contributed by atoms with van der Waals surface area (Å²) in [6, 6.07) is 4.99. The number of nitrogens with one attached hydrogen (secondary N) is 1. The highest BCUT2D eigenvalue weighted by Gasteiger charge is 2.07. The zero-order chi connectivity index (χ0) is 14.4. The number of halogens is 1. The van der Waals surface area contributed by atoms with E-state index in [-0.39, 0.29) is 10.8 Å². The Labute approximate surface area is 120 Å². The van der Waals surface area contributed by atoms with Crippen LogP contribution in [0.5, 0.6) is 0 Å². The topological polar surface area (TPSA) is 41.3 Å². The average molecular weight is 283 g/mol. The highest BCUT2D eigenvalue weighted by Crippen LogP contribution is 2.17. The van der Waals surface area contributed by atoms with Gasteiger partial charge in [0.25, 0.3) is 0 Å². The third-order valence-corrected chi connectivity index (χ3v) is 3.35. The predicted molar refractivity (Wildman–Crippen MR) is 83.2 cm³/mol. The normalized spacial score (nSPS) is 11.1. The molecule has 0 atom stereocenters. The van der Waals surface area contributed by atoms with Crippen molar-refractivity contribution in [3.05, 3.63) is 29.6 Å². The minimum atomic E-state index is -0.326. The van der Waals surface area contributed by atoms with E-state index in [0.717, 1.165) is 25.2 Å². The number of rotatable bonds is 7. The van der Waals surface area contributed by atoms with E-state index in [0.29, 0.717) is 11.6 Å². The van der Waals surface area contributed by atoms with E-state index in [1.54, 1.807) is 6.07 Å². The predicted octanol–water partition coefficient (Wildman–Crippen LogP) is 2.60. The van der Waals surface area contributed by atoms with Crippen LogP contribution in [0.3, 0.4) is 0 Å². The Morgan fingerprint density at radius 2 is 2.16 bits per heavy atom. The molecule has 1 aromatic rings. The summed E-state index contributed by atoms with van der Waals surface area (Å²) in [6.45, 7) is 6.14. The van der Waals surface area contributed by atoms with Gasteiger partial charge in [-0.1, -0.05) is 12.2 Å². The average Bonchev–Trinajstić information content (AvgIpc) is 2.35. The molecule has 19 heavy (non-hydrogen) atoms. The molecule has 5 heteroatoms. The first kappa shape index (κ1) is 15.9. The highest BCUT2D eigenvalue weighted by atomic mass is 32.1. The van der Waals surface area contributed by atoms with Crippen LogP contribution in [0.4, 0.5) is 10.1 Å². The fraction of sp³-hybridized carbons (Fsp3) is 0.500. The second-order valence-corrected chi connectivity index (χ2v) is 5.35. The van der Waals surface area contributed by atoms with Gasteiger partial charge in [-0.2, -0.15) is 0 Å². The van der Waals surface area contributed by atoms with E-state index < -0.39 is 0 Å². The van der Waals surface area contributed by atoms with Gasteiger partial charge in [-0.15, -0.1) is 0 Å². The molecule has 0 saturated carbocycles. The quantitative estimate of drug-likeness (QED) is 0.596. The van der Waals surface area contributed by atoms with Crippen molar-refractivity contribution < 1.29 is 4.39 Å². The van der Waals surface area contributed by atoms with Crippen molar-refractivity contribution >= 4 is 22.9 Å². The van der Waals surface area contributed by atoms with Crippen LogP contribution in [0, 0.1) is 5.82 Å². The molecule has 3 N–H and O–H groups in total. The third kappa shape index (κ3) is 5.12. The Morgan fingerprint density at radius 3 is 2.74 bits per heavy atom. The summed E-state index contributed by atoms with van der Waals surface area (Å²) in [5.74, 6) is -0.326. The van der Waals surface area contributed by atoms with Crippen molar-refractivity contribution in [1.82, 2.24) is 4.90 Å². The molecular weight excluding hydrogens is 261 g/mol. The van der Waals surface area contributed by atoms with Gasteiger partial charge in [0.2, 0.25) is 0 Å². The zero-order valence-electron chi connectivity index (χ0n) is 11.7. The summed E-state index contributed by atoms with van der Waals surface area (Å²) in [6.07, 6.45) is 1.00. The molecule has 0 aliphatic carbocycles. The number of benzene rings is 1. The monoisotopic (exact) mass is 283 g/mol. The summed E-state index contributed by atoms with van der Waals surface area (Å²) in [7, 11) is 2.10. The first-order chi connectivity index (χ1) is 8.91. The Kier molecular flexibility index (Phi) is 6.18. The molecule has 0 aromatic heterocycles. The maximum absolute atomic E-state index is 13.1. The van der Waals surface area contributed by atoms with Crippen molar-refractivity contribution in [1.29, 1.82) is 0 Å². The van der Waals surface area contributed by atoms with E-state index in [4.69, 9.17) is 18.0 Å². The van der Waals surface area contributed by atoms with Gasteiger partial charge in [-0.25, -0.2) is 4.39 Å². The van der Waals surface area contributed by atoms with Crippen LogP contribution in [-0.2, 0) is 0 Å². The number of nitrogens with zero attached hydrogens (tertiary/aromatic N) is 1. The maximum atomic E-state index is 13.1. The second kappa shape index (κ2) is 7.40. The maximum Gasteiger partial charge on any atom is 0.124 e. The first-order valence-corrected chi connectivity index (χ1v) is 6.86. The number of anilines is 1. The second-order valence-electron chi connectivity index (χ2n) is 4.91. The molecule has 0 radical (unpaired) electrons. The Morgan fingerprint density at radius 1 is 1.47 bits per heavy atom. The SMILES string of the molecule is CC(C)N(C)CCCNc1ccc(F)cc1C(N)=S. The lowest BCUT2D eigenvalue weighted by Gasteiger charge is -2.21.